The Labute approximate surface area is 291 Å². The fourth-order valence-electron chi connectivity index (χ4n) is 7.54. The SMILES string of the molecule is N#Cc1ccc2c(c1)c1ccccc1n2-c1c(C#N)ccc(-c2cccc([Si](c3ccccc3)(c3ccccc3)c3ccccc3)c2)c1C#N. The summed E-state index contributed by atoms with van der Waals surface area (Å²) >= 11 is 0. The second-order valence-corrected chi connectivity index (χ2v) is 16.0. The van der Waals surface area contributed by atoms with Gasteiger partial charge in [-0.2, -0.15) is 15.8 Å². The van der Waals surface area contributed by atoms with Gasteiger partial charge >= 0.3 is 0 Å². The zero-order valence-corrected chi connectivity index (χ0v) is 28.0. The third-order valence-corrected chi connectivity index (χ3v) is 14.4. The van der Waals surface area contributed by atoms with Gasteiger partial charge in [-0.05, 0) is 56.6 Å². The number of benzene rings is 7. The van der Waals surface area contributed by atoms with Crippen molar-refractivity contribution in [2.24, 2.45) is 0 Å². The molecular weight excluding hydrogens is 625 g/mol. The van der Waals surface area contributed by atoms with E-state index in [-0.39, 0.29) is 0 Å². The van der Waals surface area contributed by atoms with Crippen molar-refractivity contribution in [1.29, 1.82) is 15.8 Å². The van der Waals surface area contributed by atoms with Gasteiger partial charge in [0.1, 0.15) is 12.1 Å². The molecule has 0 saturated heterocycles. The Morgan fingerprint density at radius 1 is 0.440 bits per heavy atom. The Balaban J connectivity index is 1.43. The van der Waals surface area contributed by atoms with Gasteiger partial charge in [0.2, 0.25) is 0 Å². The van der Waals surface area contributed by atoms with Crippen LogP contribution in [0.4, 0.5) is 0 Å². The second-order valence-electron chi connectivity index (χ2n) is 12.2. The number of fused-ring (bicyclic) bond motifs is 3. The summed E-state index contributed by atoms with van der Waals surface area (Å²) in [6, 6.07) is 65.2. The lowest BCUT2D eigenvalue weighted by Crippen LogP contribution is -2.74. The largest absolute Gasteiger partial charge is 0.307 e. The highest BCUT2D eigenvalue weighted by molar-refractivity contribution is 7.19. The summed E-state index contributed by atoms with van der Waals surface area (Å²) in [5, 5.41) is 37.9. The third-order valence-electron chi connectivity index (χ3n) is 9.66. The molecule has 232 valence electrons. The smallest absolute Gasteiger partial charge is 0.179 e. The number of aromatic nitrogens is 1. The van der Waals surface area contributed by atoms with E-state index < -0.39 is 8.07 Å². The topological polar surface area (TPSA) is 76.3 Å². The Morgan fingerprint density at radius 3 is 1.62 bits per heavy atom. The minimum absolute atomic E-state index is 0.398. The van der Waals surface area contributed by atoms with Crippen molar-refractivity contribution >= 4 is 50.6 Å². The molecule has 0 atom stereocenters. The molecule has 0 unspecified atom stereocenters. The number of nitriles is 3. The molecule has 0 aliphatic carbocycles. The standard InChI is InChI=1S/C45H28N4Si/c46-29-32-23-26-44-41(27-32)40-21-10-11-22-43(40)49(44)45-34(30-47)24-25-39(42(45)31-48)33-13-12-20-38(28-33)50(35-14-4-1-5-15-35,36-16-6-2-7-17-36)37-18-8-3-9-19-37/h1-28H. The zero-order chi connectivity index (χ0) is 34.1. The fraction of sp³-hybridized carbons (Fsp3) is 0. The molecule has 0 aliphatic rings. The molecule has 0 fully saturated rings. The van der Waals surface area contributed by atoms with E-state index in [1.54, 1.807) is 6.07 Å². The molecule has 0 radical (unpaired) electrons. The van der Waals surface area contributed by atoms with Gasteiger partial charge in [-0.25, -0.2) is 0 Å². The Hall–Kier alpha value is -6.97. The molecule has 0 saturated carbocycles. The van der Waals surface area contributed by atoms with Crippen LogP contribution in [0.1, 0.15) is 16.7 Å². The zero-order valence-electron chi connectivity index (χ0n) is 27.0. The van der Waals surface area contributed by atoms with Crippen molar-refractivity contribution in [3.63, 3.8) is 0 Å². The van der Waals surface area contributed by atoms with Crippen molar-refractivity contribution in [2.75, 3.05) is 0 Å². The lowest BCUT2D eigenvalue weighted by Gasteiger charge is -2.34. The van der Waals surface area contributed by atoms with E-state index in [0.29, 0.717) is 22.4 Å². The van der Waals surface area contributed by atoms with Gasteiger partial charge in [0.15, 0.2) is 8.07 Å². The lowest BCUT2D eigenvalue weighted by molar-refractivity contribution is 1.16. The molecule has 0 spiro atoms. The van der Waals surface area contributed by atoms with Gasteiger partial charge in [-0.1, -0.05) is 140 Å². The van der Waals surface area contributed by atoms with Crippen LogP contribution in [0.25, 0.3) is 38.6 Å². The molecule has 50 heavy (non-hydrogen) atoms. The fourth-order valence-corrected chi connectivity index (χ4v) is 12.3. The van der Waals surface area contributed by atoms with Gasteiger partial charge in [-0.3, -0.25) is 0 Å². The van der Waals surface area contributed by atoms with Gasteiger partial charge in [0, 0.05) is 16.3 Å². The average molecular weight is 653 g/mol. The summed E-state index contributed by atoms with van der Waals surface area (Å²) in [4.78, 5) is 0. The first-order chi connectivity index (χ1) is 24.7. The minimum Gasteiger partial charge on any atom is -0.307 e. The van der Waals surface area contributed by atoms with Crippen LogP contribution >= 0.6 is 0 Å². The second kappa shape index (κ2) is 12.6. The van der Waals surface area contributed by atoms with Crippen molar-refractivity contribution in [2.45, 2.75) is 0 Å². The first kappa shape index (κ1) is 30.4. The quantitative estimate of drug-likeness (QED) is 0.138. The maximum absolute atomic E-state index is 11.0. The highest BCUT2D eigenvalue weighted by Gasteiger charge is 2.41. The first-order valence-electron chi connectivity index (χ1n) is 16.4. The van der Waals surface area contributed by atoms with E-state index in [1.165, 1.54) is 20.7 Å². The predicted octanol–water partition coefficient (Wildman–Crippen LogP) is 7.44. The van der Waals surface area contributed by atoms with E-state index in [1.807, 2.05) is 53.1 Å². The van der Waals surface area contributed by atoms with Crippen LogP contribution in [0.2, 0.25) is 0 Å². The number of rotatable bonds is 6. The monoisotopic (exact) mass is 652 g/mol. The molecule has 7 aromatic carbocycles. The van der Waals surface area contributed by atoms with Crippen LogP contribution in [0.15, 0.2) is 170 Å². The van der Waals surface area contributed by atoms with Crippen LogP contribution in [0, 0.1) is 34.0 Å². The Kier molecular flexibility index (Phi) is 7.63. The number of hydrogen-bond acceptors (Lipinski definition) is 3. The normalized spacial score (nSPS) is 11.1. The van der Waals surface area contributed by atoms with Gasteiger partial charge < -0.3 is 4.57 Å². The molecule has 0 amide bonds. The molecular formula is C45H28N4Si. The Bertz CT molecular complexity index is 2580. The maximum Gasteiger partial charge on any atom is 0.179 e. The van der Waals surface area contributed by atoms with Crippen LogP contribution in [0.5, 0.6) is 0 Å². The molecule has 1 aromatic heterocycles. The van der Waals surface area contributed by atoms with Gasteiger partial charge in [0.25, 0.3) is 0 Å². The summed E-state index contributed by atoms with van der Waals surface area (Å²) in [5.74, 6) is 0. The molecule has 8 rings (SSSR count). The van der Waals surface area contributed by atoms with Crippen molar-refractivity contribution in [3.8, 4) is 35.0 Å². The minimum atomic E-state index is -2.82. The van der Waals surface area contributed by atoms with Crippen molar-refractivity contribution in [3.05, 3.63) is 187 Å². The third kappa shape index (κ3) is 4.72. The highest BCUT2D eigenvalue weighted by Crippen LogP contribution is 2.37. The molecule has 8 aromatic rings. The van der Waals surface area contributed by atoms with Crippen molar-refractivity contribution < 1.29 is 0 Å². The van der Waals surface area contributed by atoms with E-state index in [4.69, 9.17) is 0 Å². The first-order valence-corrected chi connectivity index (χ1v) is 18.4. The summed E-state index contributed by atoms with van der Waals surface area (Å²) in [7, 11) is -2.82. The van der Waals surface area contributed by atoms with Gasteiger partial charge in [-0.15, -0.1) is 0 Å². The number of nitrogens with zero attached hydrogens (tertiary/aromatic N) is 4. The highest BCUT2D eigenvalue weighted by atomic mass is 28.3. The molecule has 5 heteroatoms. The maximum atomic E-state index is 11.0. The average Bonchev–Trinajstić information content (AvgIpc) is 3.52. The lowest BCUT2D eigenvalue weighted by atomic mass is 9.96. The molecule has 1 heterocycles. The van der Waals surface area contributed by atoms with E-state index in [0.717, 1.165) is 32.9 Å². The van der Waals surface area contributed by atoms with Gasteiger partial charge in [0.05, 0.1) is 39.5 Å². The molecule has 0 N–H and O–H groups in total. The summed E-state index contributed by atoms with van der Waals surface area (Å²) in [5.41, 5.74) is 5.24. The number of hydrogen-bond donors (Lipinski definition) is 0. The van der Waals surface area contributed by atoms with Crippen LogP contribution < -0.4 is 20.7 Å². The Morgan fingerprint density at radius 2 is 1.02 bits per heavy atom. The van der Waals surface area contributed by atoms with Crippen LogP contribution in [0.3, 0.4) is 0 Å². The van der Waals surface area contributed by atoms with Crippen LogP contribution in [-0.2, 0) is 0 Å². The van der Waals surface area contributed by atoms with Crippen molar-refractivity contribution in [1.82, 2.24) is 4.57 Å². The van der Waals surface area contributed by atoms with E-state index in [9.17, 15) is 15.8 Å². The summed E-state index contributed by atoms with van der Waals surface area (Å²) < 4.78 is 2.01. The number of para-hydroxylation sites is 1. The predicted molar refractivity (Wildman–Crippen MR) is 204 cm³/mol. The summed E-state index contributed by atoms with van der Waals surface area (Å²) in [6.45, 7) is 0. The van der Waals surface area contributed by atoms with E-state index in [2.05, 4.69) is 133 Å². The van der Waals surface area contributed by atoms with Crippen LogP contribution in [-0.4, -0.2) is 12.6 Å². The molecule has 0 bridgehead atoms. The molecule has 0 aliphatic heterocycles. The summed E-state index contributed by atoms with van der Waals surface area (Å²) in [6.07, 6.45) is 0. The molecule has 4 nitrogen and oxygen atoms in total. The van der Waals surface area contributed by atoms with E-state index >= 15 is 0 Å².